The van der Waals surface area contributed by atoms with Crippen molar-refractivity contribution in [2.45, 2.75) is 38.5 Å². The van der Waals surface area contributed by atoms with Crippen molar-refractivity contribution < 1.29 is 14.6 Å². The largest absolute Gasteiger partial charge is 0.508 e. The number of methoxy groups -OCH3 is 1. The molecular formula is C14H21NO3. The second-order valence-corrected chi connectivity index (χ2v) is 4.68. The standard InChI is InChI=1S/C14H21NO3/c1-4-18-13-8-11(14(13)17-3)15-10-5-6-12(16)9(2)7-10/h5-7,11,13-16H,4,8H2,1-3H3. The van der Waals surface area contributed by atoms with Crippen molar-refractivity contribution in [1.82, 2.24) is 0 Å². The van der Waals surface area contributed by atoms with Crippen LogP contribution in [0.15, 0.2) is 18.2 Å². The number of phenolic OH excluding ortho intramolecular Hbond substituents is 1. The van der Waals surface area contributed by atoms with Gasteiger partial charge in [0.15, 0.2) is 0 Å². The van der Waals surface area contributed by atoms with Gasteiger partial charge in [-0.05, 0) is 44.0 Å². The summed E-state index contributed by atoms with van der Waals surface area (Å²) in [5.74, 6) is 0.324. The number of nitrogens with one attached hydrogen (secondary N) is 1. The minimum Gasteiger partial charge on any atom is -0.508 e. The summed E-state index contributed by atoms with van der Waals surface area (Å²) in [4.78, 5) is 0. The molecule has 0 aliphatic heterocycles. The third kappa shape index (κ3) is 2.60. The highest BCUT2D eigenvalue weighted by Crippen LogP contribution is 2.30. The lowest BCUT2D eigenvalue weighted by molar-refractivity contribution is -0.118. The number of rotatable bonds is 5. The van der Waals surface area contributed by atoms with Gasteiger partial charge in [0.2, 0.25) is 0 Å². The average molecular weight is 251 g/mol. The van der Waals surface area contributed by atoms with E-state index in [0.29, 0.717) is 5.75 Å². The van der Waals surface area contributed by atoms with Crippen LogP contribution in [-0.2, 0) is 9.47 Å². The summed E-state index contributed by atoms with van der Waals surface area (Å²) in [5, 5.41) is 12.9. The third-order valence-corrected chi connectivity index (χ3v) is 3.45. The summed E-state index contributed by atoms with van der Waals surface area (Å²) < 4.78 is 11.0. The van der Waals surface area contributed by atoms with Crippen molar-refractivity contribution in [1.29, 1.82) is 0 Å². The summed E-state index contributed by atoms with van der Waals surface area (Å²) in [5.41, 5.74) is 1.88. The van der Waals surface area contributed by atoms with Crippen molar-refractivity contribution in [3.05, 3.63) is 23.8 Å². The number of aryl methyl sites for hydroxylation is 1. The van der Waals surface area contributed by atoms with E-state index in [-0.39, 0.29) is 18.2 Å². The summed E-state index contributed by atoms with van der Waals surface area (Å²) in [7, 11) is 1.71. The van der Waals surface area contributed by atoms with E-state index < -0.39 is 0 Å². The monoisotopic (exact) mass is 251 g/mol. The Hall–Kier alpha value is -1.26. The first kappa shape index (κ1) is 13.2. The lowest BCUT2D eigenvalue weighted by Crippen LogP contribution is -2.56. The molecular weight excluding hydrogens is 230 g/mol. The molecule has 3 unspecified atom stereocenters. The molecule has 1 fully saturated rings. The Morgan fingerprint density at radius 2 is 2.22 bits per heavy atom. The molecule has 0 amide bonds. The molecule has 2 N–H and O–H groups in total. The average Bonchev–Trinajstić information content (AvgIpc) is 2.32. The zero-order valence-electron chi connectivity index (χ0n) is 11.1. The number of anilines is 1. The summed E-state index contributed by atoms with van der Waals surface area (Å²) in [6.07, 6.45) is 1.24. The number of aromatic hydroxyl groups is 1. The second-order valence-electron chi connectivity index (χ2n) is 4.68. The van der Waals surface area contributed by atoms with E-state index in [1.807, 2.05) is 26.0 Å². The van der Waals surface area contributed by atoms with Crippen molar-refractivity contribution in [3.63, 3.8) is 0 Å². The van der Waals surface area contributed by atoms with E-state index in [2.05, 4.69) is 5.32 Å². The normalized spacial score (nSPS) is 26.7. The molecule has 0 spiro atoms. The first-order chi connectivity index (χ1) is 8.65. The molecule has 0 bridgehead atoms. The molecule has 1 aromatic carbocycles. The van der Waals surface area contributed by atoms with Gasteiger partial charge in [0, 0.05) is 19.4 Å². The maximum absolute atomic E-state index is 9.49. The number of hydrogen-bond acceptors (Lipinski definition) is 4. The molecule has 1 aliphatic rings. The number of hydrogen-bond donors (Lipinski definition) is 2. The minimum atomic E-state index is 0.0964. The molecule has 18 heavy (non-hydrogen) atoms. The molecule has 4 nitrogen and oxygen atoms in total. The molecule has 0 saturated heterocycles. The van der Waals surface area contributed by atoms with Crippen LogP contribution in [0.25, 0.3) is 0 Å². The van der Waals surface area contributed by atoms with Gasteiger partial charge in [0.05, 0.1) is 12.1 Å². The molecule has 1 aliphatic carbocycles. The van der Waals surface area contributed by atoms with Crippen molar-refractivity contribution >= 4 is 5.69 Å². The van der Waals surface area contributed by atoms with E-state index in [1.165, 1.54) is 0 Å². The van der Waals surface area contributed by atoms with Gasteiger partial charge in [-0.1, -0.05) is 0 Å². The highest BCUT2D eigenvalue weighted by Gasteiger charge is 2.42. The molecule has 2 rings (SSSR count). The summed E-state index contributed by atoms with van der Waals surface area (Å²) in [6, 6.07) is 5.80. The smallest absolute Gasteiger partial charge is 0.118 e. The van der Waals surface area contributed by atoms with Crippen LogP contribution in [0.5, 0.6) is 5.75 Å². The fourth-order valence-electron chi connectivity index (χ4n) is 2.38. The summed E-state index contributed by atoms with van der Waals surface area (Å²) in [6.45, 7) is 4.60. The van der Waals surface area contributed by atoms with Gasteiger partial charge < -0.3 is 19.9 Å². The maximum Gasteiger partial charge on any atom is 0.118 e. The lowest BCUT2D eigenvalue weighted by Gasteiger charge is -2.43. The van der Waals surface area contributed by atoms with Gasteiger partial charge >= 0.3 is 0 Å². The van der Waals surface area contributed by atoms with Gasteiger partial charge in [0.25, 0.3) is 0 Å². The number of benzene rings is 1. The van der Waals surface area contributed by atoms with Crippen molar-refractivity contribution in [2.24, 2.45) is 0 Å². The van der Waals surface area contributed by atoms with Crippen LogP contribution in [0.3, 0.4) is 0 Å². The SMILES string of the molecule is CCOC1CC(Nc2ccc(O)c(C)c2)C1OC. The molecule has 4 heteroatoms. The topological polar surface area (TPSA) is 50.7 Å². The Morgan fingerprint density at radius 1 is 1.44 bits per heavy atom. The molecule has 0 aromatic heterocycles. The predicted molar refractivity (Wildman–Crippen MR) is 71.1 cm³/mol. The van der Waals surface area contributed by atoms with Crippen molar-refractivity contribution in [2.75, 3.05) is 19.0 Å². The van der Waals surface area contributed by atoms with Crippen LogP contribution in [-0.4, -0.2) is 37.1 Å². The fraction of sp³-hybridized carbons (Fsp3) is 0.571. The fourth-order valence-corrected chi connectivity index (χ4v) is 2.38. The molecule has 0 heterocycles. The highest BCUT2D eigenvalue weighted by atomic mass is 16.5. The van der Waals surface area contributed by atoms with Gasteiger partial charge in [-0.2, -0.15) is 0 Å². The predicted octanol–water partition coefficient (Wildman–Crippen LogP) is 2.30. The highest BCUT2D eigenvalue weighted by molar-refractivity contribution is 5.51. The quantitative estimate of drug-likeness (QED) is 0.788. The van der Waals surface area contributed by atoms with E-state index >= 15 is 0 Å². The van der Waals surface area contributed by atoms with Gasteiger partial charge in [-0.3, -0.25) is 0 Å². The lowest BCUT2D eigenvalue weighted by atomic mass is 9.85. The molecule has 0 radical (unpaired) electrons. The van der Waals surface area contributed by atoms with Crippen molar-refractivity contribution in [3.8, 4) is 5.75 Å². The van der Waals surface area contributed by atoms with Gasteiger partial charge in [-0.15, -0.1) is 0 Å². The van der Waals surface area contributed by atoms with E-state index in [4.69, 9.17) is 9.47 Å². The zero-order chi connectivity index (χ0) is 13.1. The van der Waals surface area contributed by atoms with Crippen LogP contribution in [0.1, 0.15) is 18.9 Å². The maximum atomic E-state index is 9.49. The minimum absolute atomic E-state index is 0.0964. The van der Waals surface area contributed by atoms with E-state index in [9.17, 15) is 5.11 Å². The molecule has 1 saturated carbocycles. The number of phenols is 1. The van der Waals surface area contributed by atoms with Crippen LogP contribution >= 0.6 is 0 Å². The van der Waals surface area contributed by atoms with E-state index in [1.54, 1.807) is 13.2 Å². The first-order valence-corrected chi connectivity index (χ1v) is 6.36. The molecule has 1 aromatic rings. The Bertz CT molecular complexity index is 408. The molecule has 100 valence electrons. The Labute approximate surface area is 108 Å². The Kier molecular flexibility index (Phi) is 4.09. The Morgan fingerprint density at radius 3 is 2.83 bits per heavy atom. The van der Waals surface area contributed by atoms with E-state index in [0.717, 1.165) is 24.3 Å². The molecule has 3 atom stereocenters. The van der Waals surface area contributed by atoms with Gasteiger partial charge in [0.1, 0.15) is 11.9 Å². The van der Waals surface area contributed by atoms with Crippen LogP contribution < -0.4 is 5.32 Å². The first-order valence-electron chi connectivity index (χ1n) is 6.36. The van der Waals surface area contributed by atoms with Crippen LogP contribution in [0.2, 0.25) is 0 Å². The Balaban J connectivity index is 1.96. The van der Waals surface area contributed by atoms with Crippen LogP contribution in [0, 0.1) is 6.92 Å². The zero-order valence-corrected chi connectivity index (χ0v) is 11.1. The summed E-state index contributed by atoms with van der Waals surface area (Å²) >= 11 is 0. The third-order valence-electron chi connectivity index (χ3n) is 3.45. The van der Waals surface area contributed by atoms with Gasteiger partial charge in [-0.25, -0.2) is 0 Å². The number of ether oxygens (including phenoxy) is 2. The van der Waals surface area contributed by atoms with Crippen LogP contribution in [0.4, 0.5) is 5.69 Å². The second kappa shape index (κ2) is 5.59.